The Bertz CT molecular complexity index is 1690. The molecule has 0 bridgehead atoms. The first-order valence-electron chi connectivity index (χ1n) is 12.0. The fraction of sp³-hybridized carbons (Fsp3) is 0.103. The van der Waals surface area contributed by atoms with Gasteiger partial charge in [0.1, 0.15) is 23.2 Å². The van der Waals surface area contributed by atoms with Crippen LogP contribution in [0.3, 0.4) is 0 Å². The van der Waals surface area contributed by atoms with E-state index in [1.165, 1.54) is 22.8 Å². The van der Waals surface area contributed by atoms with Gasteiger partial charge in [0.15, 0.2) is 5.84 Å². The van der Waals surface area contributed by atoms with Crippen LogP contribution in [-0.4, -0.2) is 38.1 Å². The molecule has 1 aromatic heterocycles. The molecule has 2 aliphatic heterocycles. The summed E-state index contributed by atoms with van der Waals surface area (Å²) in [7, 11) is 0. The molecule has 0 spiro atoms. The lowest BCUT2D eigenvalue weighted by molar-refractivity contribution is -0.114. The van der Waals surface area contributed by atoms with Gasteiger partial charge in [-0.25, -0.2) is 4.39 Å². The van der Waals surface area contributed by atoms with E-state index < -0.39 is 5.91 Å². The summed E-state index contributed by atoms with van der Waals surface area (Å²) in [6.45, 7) is 2.48. The maximum Gasteiger partial charge on any atom is 0.283 e. The first-order valence-corrected chi connectivity index (χ1v) is 12.8. The predicted molar refractivity (Wildman–Crippen MR) is 149 cm³/mol. The fourth-order valence-electron chi connectivity index (χ4n) is 4.54. The van der Waals surface area contributed by atoms with Crippen molar-refractivity contribution in [2.45, 2.75) is 13.5 Å². The summed E-state index contributed by atoms with van der Waals surface area (Å²) in [4.78, 5) is 17.3. The Morgan fingerprint density at radius 1 is 1.03 bits per heavy atom. The van der Waals surface area contributed by atoms with E-state index in [-0.39, 0.29) is 23.8 Å². The lowest BCUT2D eigenvalue weighted by Gasteiger charge is -2.20. The topological polar surface area (TPSA) is 83.0 Å². The van der Waals surface area contributed by atoms with E-state index in [0.29, 0.717) is 28.1 Å². The number of halogens is 1. The summed E-state index contributed by atoms with van der Waals surface area (Å²) < 4.78 is 22.2. The number of nitrogens with zero attached hydrogens (tertiary/aromatic N) is 4. The molecule has 3 aromatic carbocycles. The van der Waals surface area contributed by atoms with Gasteiger partial charge in [-0.2, -0.15) is 15.1 Å². The Kier molecular flexibility index (Phi) is 6.13. The molecule has 9 heteroatoms. The van der Waals surface area contributed by atoms with Crippen LogP contribution in [0, 0.1) is 18.2 Å². The summed E-state index contributed by atoms with van der Waals surface area (Å²) in [5, 5.41) is 16.5. The molecule has 2 aliphatic rings. The molecule has 1 amide bonds. The minimum atomic E-state index is -0.500. The predicted octanol–water partition coefficient (Wildman–Crippen LogP) is 5.84. The van der Waals surface area contributed by atoms with Crippen LogP contribution in [-0.2, 0) is 11.3 Å². The molecule has 3 heterocycles. The monoisotopic (exact) mass is 523 g/mol. The number of hydrogen-bond donors (Lipinski definition) is 1. The average molecular weight is 524 g/mol. The van der Waals surface area contributed by atoms with Gasteiger partial charge in [-0.05, 0) is 49.0 Å². The lowest BCUT2D eigenvalue weighted by Crippen LogP contribution is -2.35. The van der Waals surface area contributed by atoms with Gasteiger partial charge in [-0.3, -0.25) is 10.2 Å². The Balaban J connectivity index is 1.33. The molecular formula is C29H22FN5O2S. The Labute approximate surface area is 222 Å². The largest absolute Gasteiger partial charge is 0.487 e. The van der Waals surface area contributed by atoms with Crippen LogP contribution in [0.1, 0.15) is 16.8 Å². The minimum absolute atomic E-state index is 0.0486. The van der Waals surface area contributed by atoms with Crippen LogP contribution in [0.2, 0.25) is 0 Å². The van der Waals surface area contributed by atoms with Crippen molar-refractivity contribution in [3.8, 4) is 5.75 Å². The van der Waals surface area contributed by atoms with Crippen molar-refractivity contribution in [1.82, 2.24) is 9.58 Å². The number of amidine groups is 2. The van der Waals surface area contributed by atoms with Crippen LogP contribution in [0.15, 0.2) is 94.5 Å². The number of thioether (sulfide) groups is 1. The number of hydrogen-bond acceptors (Lipinski definition) is 5. The molecule has 38 heavy (non-hydrogen) atoms. The van der Waals surface area contributed by atoms with Gasteiger partial charge in [0.2, 0.25) is 5.17 Å². The van der Waals surface area contributed by atoms with Crippen molar-refractivity contribution in [2.75, 3.05) is 6.61 Å². The van der Waals surface area contributed by atoms with Crippen molar-refractivity contribution >= 4 is 50.7 Å². The van der Waals surface area contributed by atoms with Crippen LogP contribution < -0.4 is 4.74 Å². The van der Waals surface area contributed by atoms with Crippen LogP contribution in [0.4, 0.5) is 4.39 Å². The van der Waals surface area contributed by atoms with Crippen molar-refractivity contribution in [3.05, 3.63) is 107 Å². The minimum Gasteiger partial charge on any atom is -0.487 e. The number of para-hydroxylation sites is 2. The van der Waals surface area contributed by atoms with Gasteiger partial charge in [0.05, 0.1) is 12.1 Å². The molecular weight excluding hydrogens is 501 g/mol. The van der Waals surface area contributed by atoms with E-state index in [1.807, 2.05) is 72.2 Å². The van der Waals surface area contributed by atoms with Crippen molar-refractivity contribution in [1.29, 1.82) is 5.41 Å². The number of carbonyl (C=O) groups excluding carboxylic acids is 1. The molecule has 0 aliphatic carbocycles. The second-order valence-corrected chi connectivity index (χ2v) is 9.85. The maximum absolute atomic E-state index is 14.5. The van der Waals surface area contributed by atoms with E-state index in [1.54, 1.807) is 18.2 Å². The van der Waals surface area contributed by atoms with E-state index in [9.17, 15) is 9.18 Å². The van der Waals surface area contributed by atoms with Crippen molar-refractivity contribution in [3.63, 3.8) is 0 Å². The van der Waals surface area contributed by atoms with Gasteiger partial charge in [0, 0.05) is 27.7 Å². The van der Waals surface area contributed by atoms with E-state index in [0.717, 1.165) is 22.2 Å². The maximum atomic E-state index is 14.5. The molecule has 0 atom stereocenters. The van der Waals surface area contributed by atoms with Gasteiger partial charge in [-0.1, -0.05) is 54.6 Å². The first kappa shape index (κ1) is 23.9. The van der Waals surface area contributed by atoms with E-state index >= 15 is 0 Å². The van der Waals surface area contributed by atoms with E-state index in [2.05, 4.69) is 10.1 Å². The number of amides is 1. The number of rotatable bonds is 6. The van der Waals surface area contributed by atoms with Crippen LogP contribution >= 0.6 is 11.8 Å². The third-order valence-corrected chi connectivity index (χ3v) is 7.34. The number of aliphatic imine (C=N–C) groups is 1. The molecule has 0 saturated carbocycles. The van der Waals surface area contributed by atoms with Gasteiger partial charge in [-0.15, -0.1) is 0 Å². The number of ether oxygens (including phenoxy) is 1. The summed E-state index contributed by atoms with van der Waals surface area (Å²) in [6, 6.07) is 23.8. The molecule has 1 N–H and O–H groups in total. The molecule has 0 unspecified atom stereocenters. The highest BCUT2D eigenvalue weighted by molar-refractivity contribution is 8.27. The standard InChI is InChI=1S/C29H22FN5O2S/c1-18-22(21-12-6-8-14-25(21)34(18)16-19-9-5-7-13-24(19)30)15-23-27(31)35-29(32-28(23)36)38-26(33-35)17-37-20-10-3-2-4-11-20/h2-15,31H,16-17H2,1H3/b23-15-,31-27?. The summed E-state index contributed by atoms with van der Waals surface area (Å²) in [5.41, 5.74) is 3.26. The Hall–Kier alpha value is -4.50. The third-order valence-electron chi connectivity index (χ3n) is 6.46. The van der Waals surface area contributed by atoms with Crippen molar-refractivity contribution in [2.24, 2.45) is 10.1 Å². The van der Waals surface area contributed by atoms with Crippen LogP contribution in [0.25, 0.3) is 17.0 Å². The first-order chi connectivity index (χ1) is 18.5. The average Bonchev–Trinajstić information content (AvgIpc) is 3.46. The number of benzene rings is 3. The summed E-state index contributed by atoms with van der Waals surface area (Å²) >= 11 is 1.21. The summed E-state index contributed by atoms with van der Waals surface area (Å²) in [5.74, 6) is -0.115. The van der Waals surface area contributed by atoms with Gasteiger partial charge in [0.25, 0.3) is 5.91 Å². The third kappa shape index (κ3) is 4.31. The fourth-order valence-corrected chi connectivity index (χ4v) is 5.34. The highest BCUT2D eigenvalue weighted by Crippen LogP contribution is 2.32. The zero-order chi connectivity index (χ0) is 26.2. The molecule has 188 valence electrons. The van der Waals surface area contributed by atoms with Crippen molar-refractivity contribution < 1.29 is 13.9 Å². The van der Waals surface area contributed by atoms with Gasteiger partial charge >= 0.3 is 0 Å². The number of aromatic nitrogens is 1. The van der Waals surface area contributed by atoms with E-state index in [4.69, 9.17) is 10.1 Å². The zero-order valence-electron chi connectivity index (χ0n) is 20.4. The second-order valence-electron chi connectivity index (χ2n) is 8.81. The molecule has 4 aromatic rings. The zero-order valence-corrected chi connectivity index (χ0v) is 21.2. The molecule has 0 radical (unpaired) electrons. The SMILES string of the molecule is Cc1c(/C=C2/C(=N)N3N=C(COc4ccccc4)SC3=NC2=O)c2ccccc2n1Cc1ccccc1F. The highest BCUT2D eigenvalue weighted by Gasteiger charge is 2.36. The summed E-state index contributed by atoms with van der Waals surface area (Å²) in [6.07, 6.45) is 1.69. The molecule has 6 rings (SSSR count). The Morgan fingerprint density at radius 3 is 2.58 bits per heavy atom. The number of hydrazone groups is 1. The molecule has 0 saturated heterocycles. The lowest BCUT2D eigenvalue weighted by atomic mass is 10.1. The highest BCUT2D eigenvalue weighted by atomic mass is 32.2. The smallest absolute Gasteiger partial charge is 0.283 e. The Morgan fingerprint density at radius 2 is 1.76 bits per heavy atom. The number of nitrogens with one attached hydrogen (secondary N) is 1. The molecule has 7 nitrogen and oxygen atoms in total. The van der Waals surface area contributed by atoms with Crippen LogP contribution in [0.5, 0.6) is 5.75 Å². The number of fused-ring (bicyclic) bond motifs is 2. The quantitative estimate of drug-likeness (QED) is 0.322. The number of carbonyl (C=O) groups is 1. The van der Waals surface area contributed by atoms with Gasteiger partial charge < -0.3 is 9.30 Å². The second kappa shape index (κ2) is 9.75. The normalized spacial score (nSPS) is 16.2. The molecule has 0 fully saturated rings.